The number of hydrogen-bond donors (Lipinski definition) is 2. The first-order chi connectivity index (χ1) is 7.66. The molecule has 2 rings (SSSR count). The molecule has 1 fully saturated rings. The maximum atomic E-state index is 12.0. The molecule has 1 aromatic rings. The van der Waals surface area contributed by atoms with Gasteiger partial charge < -0.3 is 10.6 Å². The highest BCUT2D eigenvalue weighted by Crippen LogP contribution is 2.17. The second-order valence-corrected chi connectivity index (χ2v) is 5.37. The van der Waals surface area contributed by atoms with Gasteiger partial charge in [0.05, 0.1) is 10.7 Å². The highest BCUT2D eigenvalue weighted by Gasteiger charge is 2.19. The van der Waals surface area contributed by atoms with E-state index in [9.17, 15) is 4.79 Å². The number of rotatable bonds is 2. The van der Waals surface area contributed by atoms with Crippen molar-refractivity contribution in [1.29, 1.82) is 0 Å². The number of carbonyl (C=O) groups is 1. The summed E-state index contributed by atoms with van der Waals surface area (Å²) in [6.07, 6.45) is 2.20. The normalized spacial score (nSPS) is 18.4. The van der Waals surface area contributed by atoms with Crippen molar-refractivity contribution >= 4 is 42.1 Å². The van der Waals surface area contributed by atoms with E-state index in [0.717, 1.165) is 41.5 Å². The van der Waals surface area contributed by atoms with E-state index in [1.165, 1.54) is 11.3 Å². The zero-order valence-electron chi connectivity index (χ0n) is 10.5. The van der Waals surface area contributed by atoms with E-state index in [0.29, 0.717) is 0 Å². The van der Waals surface area contributed by atoms with E-state index < -0.39 is 0 Å². The van der Waals surface area contributed by atoms with Crippen LogP contribution in [0.2, 0.25) is 0 Å². The van der Waals surface area contributed by atoms with Crippen LogP contribution in [0.4, 0.5) is 0 Å². The molecular weight excluding hydrogens is 293 g/mol. The Morgan fingerprint density at radius 2 is 2.17 bits per heavy atom. The second-order valence-electron chi connectivity index (χ2n) is 4.16. The van der Waals surface area contributed by atoms with Gasteiger partial charge in [0.15, 0.2) is 0 Å². The molecule has 0 unspecified atom stereocenters. The van der Waals surface area contributed by atoms with Crippen molar-refractivity contribution in [1.82, 2.24) is 15.6 Å². The Bertz CT molecular complexity index is 392. The van der Waals surface area contributed by atoms with E-state index in [1.54, 1.807) is 0 Å². The van der Waals surface area contributed by atoms with Gasteiger partial charge >= 0.3 is 0 Å². The number of piperidine rings is 1. The van der Waals surface area contributed by atoms with Gasteiger partial charge in [-0.1, -0.05) is 0 Å². The minimum atomic E-state index is 0. The number of nitrogens with one attached hydrogen (secondary N) is 2. The quantitative estimate of drug-likeness (QED) is 0.879. The summed E-state index contributed by atoms with van der Waals surface area (Å²) >= 11 is 1.47. The second kappa shape index (κ2) is 7.94. The third kappa shape index (κ3) is 4.39. The van der Waals surface area contributed by atoms with Gasteiger partial charge in [0.25, 0.3) is 5.91 Å². The monoisotopic (exact) mass is 311 g/mol. The van der Waals surface area contributed by atoms with E-state index in [1.807, 2.05) is 13.8 Å². The van der Waals surface area contributed by atoms with Gasteiger partial charge in [-0.05, 0) is 33.2 Å². The first-order valence-corrected chi connectivity index (χ1v) is 6.44. The summed E-state index contributed by atoms with van der Waals surface area (Å²) < 4.78 is 0. The minimum Gasteiger partial charge on any atom is -0.347 e. The van der Waals surface area contributed by atoms with Crippen molar-refractivity contribution < 1.29 is 4.79 Å². The molecule has 1 amide bonds. The smallest absolute Gasteiger partial charge is 0.263 e. The van der Waals surface area contributed by atoms with E-state index >= 15 is 0 Å². The molecule has 4 nitrogen and oxygen atoms in total. The van der Waals surface area contributed by atoms with Crippen molar-refractivity contribution in [3.8, 4) is 0 Å². The molecule has 1 aromatic heterocycles. The molecule has 0 spiro atoms. The number of nitrogens with zero attached hydrogens (tertiary/aromatic N) is 1. The summed E-state index contributed by atoms with van der Waals surface area (Å²) in [6, 6.07) is 0.267. The highest BCUT2D eigenvalue weighted by molar-refractivity contribution is 7.13. The first-order valence-electron chi connectivity index (χ1n) is 5.62. The van der Waals surface area contributed by atoms with Crippen LogP contribution in [0.25, 0.3) is 0 Å². The Hall–Kier alpha value is -0.360. The van der Waals surface area contributed by atoms with Crippen molar-refractivity contribution in [2.75, 3.05) is 13.1 Å². The summed E-state index contributed by atoms with van der Waals surface area (Å²) in [4.78, 5) is 17.0. The molecule has 0 bridgehead atoms. The van der Waals surface area contributed by atoms with Crippen LogP contribution in [0.1, 0.15) is 33.2 Å². The van der Waals surface area contributed by atoms with Gasteiger partial charge in [0.2, 0.25) is 0 Å². The number of amides is 1. The summed E-state index contributed by atoms with van der Waals surface area (Å²) in [7, 11) is 0. The third-order valence-electron chi connectivity index (χ3n) is 2.74. The summed E-state index contributed by atoms with van der Waals surface area (Å²) in [5.41, 5.74) is 0.837. The average Bonchev–Trinajstić information content (AvgIpc) is 2.59. The maximum absolute atomic E-state index is 12.0. The first kappa shape index (κ1) is 17.6. The van der Waals surface area contributed by atoms with Crippen LogP contribution in [-0.2, 0) is 0 Å². The number of halogens is 2. The Labute approximate surface area is 124 Å². The number of hydrogen-bond acceptors (Lipinski definition) is 4. The molecule has 104 valence electrons. The molecule has 0 radical (unpaired) electrons. The summed E-state index contributed by atoms with van der Waals surface area (Å²) in [5, 5.41) is 7.29. The van der Waals surface area contributed by atoms with Crippen molar-refractivity contribution in [3.63, 3.8) is 0 Å². The van der Waals surface area contributed by atoms with Crippen molar-refractivity contribution in [2.24, 2.45) is 0 Å². The predicted octanol–water partition coefficient (Wildman–Crippen LogP) is 2.09. The SMILES string of the molecule is Cc1nc(C)c(C(=O)N[C@@H]2CCCNC2)s1.Cl.Cl. The molecule has 0 saturated carbocycles. The molecule has 2 N–H and O–H groups in total. The zero-order chi connectivity index (χ0) is 11.5. The molecule has 1 aliphatic heterocycles. The minimum absolute atomic E-state index is 0. The fraction of sp³-hybridized carbons (Fsp3) is 0.636. The highest BCUT2D eigenvalue weighted by atomic mass is 35.5. The Kier molecular flexibility index (Phi) is 7.78. The largest absolute Gasteiger partial charge is 0.347 e. The van der Waals surface area contributed by atoms with Gasteiger partial charge in [0, 0.05) is 12.6 Å². The maximum Gasteiger partial charge on any atom is 0.263 e. The fourth-order valence-electron chi connectivity index (χ4n) is 1.97. The van der Waals surface area contributed by atoms with Gasteiger partial charge in [-0.15, -0.1) is 36.2 Å². The van der Waals surface area contributed by atoms with Crippen LogP contribution >= 0.6 is 36.2 Å². The Morgan fingerprint density at radius 1 is 1.44 bits per heavy atom. The van der Waals surface area contributed by atoms with Gasteiger partial charge in [-0.3, -0.25) is 4.79 Å². The zero-order valence-corrected chi connectivity index (χ0v) is 12.9. The van der Waals surface area contributed by atoms with E-state index in [4.69, 9.17) is 0 Å². The Balaban J connectivity index is 0.00000144. The van der Waals surface area contributed by atoms with Crippen LogP contribution in [0, 0.1) is 13.8 Å². The Morgan fingerprint density at radius 3 is 2.67 bits per heavy atom. The topological polar surface area (TPSA) is 54.0 Å². The van der Waals surface area contributed by atoms with Gasteiger partial charge in [0.1, 0.15) is 4.88 Å². The summed E-state index contributed by atoms with van der Waals surface area (Å²) in [5.74, 6) is 0.0248. The van der Waals surface area contributed by atoms with E-state index in [2.05, 4.69) is 15.6 Å². The molecule has 1 saturated heterocycles. The van der Waals surface area contributed by atoms with Crippen LogP contribution < -0.4 is 10.6 Å². The molecule has 1 aliphatic rings. The van der Waals surface area contributed by atoms with Crippen LogP contribution in [-0.4, -0.2) is 30.0 Å². The number of aromatic nitrogens is 1. The molecule has 0 aliphatic carbocycles. The van der Waals surface area contributed by atoms with Crippen molar-refractivity contribution in [2.45, 2.75) is 32.7 Å². The van der Waals surface area contributed by atoms with Crippen LogP contribution in [0.15, 0.2) is 0 Å². The third-order valence-corrected chi connectivity index (χ3v) is 3.81. The summed E-state index contributed by atoms with van der Waals surface area (Å²) in [6.45, 7) is 5.75. The lowest BCUT2D eigenvalue weighted by Crippen LogP contribution is -2.45. The molecule has 2 heterocycles. The lowest BCUT2D eigenvalue weighted by molar-refractivity contribution is 0.0934. The van der Waals surface area contributed by atoms with Gasteiger partial charge in [-0.2, -0.15) is 0 Å². The number of aryl methyl sites for hydroxylation is 2. The van der Waals surface area contributed by atoms with E-state index in [-0.39, 0.29) is 36.8 Å². The molecule has 0 aromatic carbocycles. The molecule has 1 atom stereocenters. The predicted molar refractivity (Wildman–Crippen MR) is 79.4 cm³/mol. The molecule has 7 heteroatoms. The lowest BCUT2D eigenvalue weighted by Gasteiger charge is -2.23. The number of carbonyl (C=O) groups excluding carboxylic acids is 1. The van der Waals surface area contributed by atoms with Crippen molar-refractivity contribution in [3.05, 3.63) is 15.6 Å². The standard InChI is InChI=1S/C11H17N3OS.2ClH/c1-7-10(16-8(2)13-7)11(15)14-9-4-3-5-12-6-9;;/h9,12H,3-6H2,1-2H3,(H,14,15);2*1H/t9-;;/m1../s1. The fourth-order valence-corrected chi connectivity index (χ4v) is 2.79. The van der Waals surface area contributed by atoms with Gasteiger partial charge in [-0.25, -0.2) is 4.98 Å². The number of thiazole rings is 1. The van der Waals surface area contributed by atoms with Crippen LogP contribution in [0.3, 0.4) is 0 Å². The lowest BCUT2D eigenvalue weighted by atomic mass is 10.1. The average molecular weight is 312 g/mol. The molecular formula is C11H19Cl2N3OS. The molecule has 18 heavy (non-hydrogen) atoms. The van der Waals surface area contributed by atoms with Crippen LogP contribution in [0.5, 0.6) is 0 Å².